The SMILES string of the molecule is C=C1C=C(C(C)C)OP12(OC)OCCO2. The number of hydrogen-bond donors (Lipinski definition) is 0. The molecule has 0 unspecified atom stereocenters. The van der Waals surface area contributed by atoms with Gasteiger partial charge in [0.25, 0.3) is 0 Å². The first kappa shape index (κ1) is 11.1. The van der Waals surface area contributed by atoms with E-state index in [0.29, 0.717) is 18.5 Å². The zero-order valence-electron chi connectivity index (χ0n) is 9.36. The van der Waals surface area contributed by atoms with Crippen molar-refractivity contribution >= 4 is 7.51 Å². The Balaban J connectivity index is 2.36. The van der Waals surface area contributed by atoms with Crippen LogP contribution in [0.1, 0.15) is 13.8 Å². The number of hydrogen-bond acceptors (Lipinski definition) is 4. The van der Waals surface area contributed by atoms with Crippen molar-refractivity contribution in [1.82, 2.24) is 0 Å². The second-order valence-corrected chi connectivity index (χ2v) is 7.21. The molecule has 2 aliphatic heterocycles. The summed E-state index contributed by atoms with van der Waals surface area (Å²) in [5, 5.41) is 0.685. The van der Waals surface area contributed by atoms with E-state index in [4.69, 9.17) is 18.1 Å². The van der Waals surface area contributed by atoms with Crippen LogP contribution in [0, 0.1) is 5.92 Å². The van der Waals surface area contributed by atoms with Gasteiger partial charge in [-0.05, 0) is 0 Å². The minimum atomic E-state index is -3.48. The molecule has 0 bridgehead atoms. The Morgan fingerprint density at radius 3 is 2.40 bits per heavy atom. The van der Waals surface area contributed by atoms with Crippen LogP contribution >= 0.6 is 7.51 Å². The summed E-state index contributed by atoms with van der Waals surface area (Å²) in [6, 6.07) is 0. The Hall–Kier alpha value is -0.410. The molecule has 2 aliphatic rings. The van der Waals surface area contributed by atoms with Crippen LogP contribution in [0.2, 0.25) is 0 Å². The van der Waals surface area contributed by atoms with Crippen molar-refractivity contribution in [3.63, 3.8) is 0 Å². The first-order valence-electron chi connectivity index (χ1n) is 5.02. The van der Waals surface area contributed by atoms with E-state index in [-0.39, 0.29) is 5.92 Å². The van der Waals surface area contributed by atoms with E-state index in [1.165, 1.54) is 0 Å². The molecule has 1 fully saturated rings. The summed E-state index contributed by atoms with van der Waals surface area (Å²) in [7, 11) is -1.94. The molecule has 1 spiro atoms. The molecular weight excluding hydrogens is 215 g/mol. The fourth-order valence-corrected chi connectivity index (χ4v) is 4.61. The normalized spacial score (nSPS) is 30.0. The fraction of sp³-hybridized carbons (Fsp3) is 0.600. The summed E-state index contributed by atoms with van der Waals surface area (Å²) in [5.74, 6) is 1.09. The quantitative estimate of drug-likeness (QED) is 0.686. The van der Waals surface area contributed by atoms with Crippen molar-refractivity contribution in [3.05, 3.63) is 23.7 Å². The molecule has 4 nitrogen and oxygen atoms in total. The van der Waals surface area contributed by atoms with Crippen molar-refractivity contribution in [1.29, 1.82) is 0 Å². The summed E-state index contributed by atoms with van der Waals surface area (Å²) < 4.78 is 22.6. The van der Waals surface area contributed by atoms with Gasteiger partial charge < -0.3 is 0 Å². The average Bonchev–Trinajstić information content (AvgIpc) is 2.75. The average molecular weight is 232 g/mol. The van der Waals surface area contributed by atoms with E-state index < -0.39 is 7.51 Å². The molecule has 15 heavy (non-hydrogen) atoms. The standard InChI is InChI=1S/C10H17O4P/c1-8(2)10-7-9(3)15(11-4,14-10)12-5-6-13-15/h7-8H,3,5-6H2,1-2,4H3. The third-order valence-corrected chi connectivity index (χ3v) is 6.11. The maximum absolute atomic E-state index is 5.85. The summed E-state index contributed by atoms with van der Waals surface area (Å²) in [6.45, 7) is 9.02. The molecule has 0 radical (unpaired) electrons. The molecular formula is C10H17O4P. The molecule has 5 heteroatoms. The fourth-order valence-electron chi connectivity index (χ4n) is 1.71. The van der Waals surface area contributed by atoms with Gasteiger partial charge in [0.2, 0.25) is 0 Å². The molecule has 0 atom stereocenters. The van der Waals surface area contributed by atoms with Crippen LogP contribution < -0.4 is 0 Å². The van der Waals surface area contributed by atoms with Crippen molar-refractivity contribution in [2.45, 2.75) is 13.8 Å². The predicted octanol–water partition coefficient (Wildman–Crippen LogP) is 2.98. The van der Waals surface area contributed by atoms with Crippen molar-refractivity contribution in [3.8, 4) is 0 Å². The summed E-state index contributed by atoms with van der Waals surface area (Å²) in [5.41, 5.74) is 0. The third-order valence-electron chi connectivity index (χ3n) is 2.64. The molecule has 0 aromatic carbocycles. The molecule has 0 saturated carbocycles. The van der Waals surface area contributed by atoms with Crippen LogP contribution in [-0.4, -0.2) is 20.3 Å². The Morgan fingerprint density at radius 1 is 1.40 bits per heavy atom. The van der Waals surface area contributed by atoms with Crippen LogP contribution in [0.5, 0.6) is 0 Å². The van der Waals surface area contributed by atoms with Gasteiger partial charge in [-0.1, -0.05) is 0 Å². The summed E-state index contributed by atoms with van der Waals surface area (Å²) >= 11 is 0. The van der Waals surface area contributed by atoms with E-state index in [9.17, 15) is 0 Å². The molecule has 0 N–H and O–H groups in total. The Kier molecular flexibility index (Phi) is 2.43. The van der Waals surface area contributed by atoms with Crippen molar-refractivity contribution < 1.29 is 18.1 Å². The van der Waals surface area contributed by atoms with Gasteiger partial charge in [0.1, 0.15) is 0 Å². The molecule has 86 valence electrons. The summed E-state index contributed by atoms with van der Waals surface area (Å²) in [6.07, 6.45) is 1.87. The molecule has 1 saturated heterocycles. The van der Waals surface area contributed by atoms with Crippen LogP contribution in [0.25, 0.3) is 0 Å². The van der Waals surface area contributed by atoms with Crippen LogP contribution in [0.15, 0.2) is 23.7 Å². The van der Waals surface area contributed by atoms with E-state index in [0.717, 1.165) is 5.76 Å². The topological polar surface area (TPSA) is 36.9 Å². The molecule has 0 aliphatic carbocycles. The van der Waals surface area contributed by atoms with Crippen LogP contribution in [0.4, 0.5) is 0 Å². The van der Waals surface area contributed by atoms with E-state index in [1.54, 1.807) is 7.11 Å². The van der Waals surface area contributed by atoms with Crippen LogP contribution in [0.3, 0.4) is 0 Å². The van der Waals surface area contributed by atoms with Crippen molar-refractivity contribution in [2.24, 2.45) is 5.92 Å². The Bertz CT molecular complexity index is 328. The number of allylic oxidation sites excluding steroid dienone is 3. The second kappa shape index (κ2) is 3.29. The second-order valence-electron chi connectivity index (χ2n) is 3.95. The molecule has 2 heterocycles. The molecule has 2 rings (SSSR count). The van der Waals surface area contributed by atoms with E-state index >= 15 is 0 Å². The Morgan fingerprint density at radius 2 is 2.00 bits per heavy atom. The number of rotatable bonds is 2. The van der Waals surface area contributed by atoms with Gasteiger partial charge >= 0.3 is 89.4 Å². The van der Waals surface area contributed by atoms with Gasteiger partial charge in [-0.3, -0.25) is 0 Å². The molecule has 0 amide bonds. The van der Waals surface area contributed by atoms with E-state index in [2.05, 4.69) is 6.58 Å². The van der Waals surface area contributed by atoms with Gasteiger partial charge in [-0.2, -0.15) is 0 Å². The van der Waals surface area contributed by atoms with Crippen molar-refractivity contribution in [2.75, 3.05) is 20.3 Å². The molecule has 0 aromatic heterocycles. The third kappa shape index (κ3) is 1.36. The van der Waals surface area contributed by atoms with Gasteiger partial charge in [0.05, 0.1) is 0 Å². The first-order chi connectivity index (χ1) is 7.02. The summed E-state index contributed by atoms with van der Waals surface area (Å²) in [4.78, 5) is 0. The van der Waals surface area contributed by atoms with Crippen LogP contribution in [-0.2, 0) is 18.1 Å². The maximum atomic E-state index is 5.85. The van der Waals surface area contributed by atoms with Gasteiger partial charge in [0, 0.05) is 0 Å². The zero-order valence-corrected chi connectivity index (χ0v) is 10.3. The first-order valence-corrected chi connectivity index (χ1v) is 6.93. The van der Waals surface area contributed by atoms with Gasteiger partial charge in [-0.25, -0.2) is 0 Å². The Labute approximate surface area is 90.1 Å². The minimum absolute atomic E-state index is 0.270. The zero-order chi connectivity index (χ0) is 11.1. The van der Waals surface area contributed by atoms with E-state index in [1.807, 2.05) is 19.9 Å². The predicted molar refractivity (Wildman–Crippen MR) is 59.0 cm³/mol. The van der Waals surface area contributed by atoms with Gasteiger partial charge in [0.15, 0.2) is 0 Å². The van der Waals surface area contributed by atoms with Gasteiger partial charge in [-0.15, -0.1) is 0 Å². The molecule has 0 aromatic rings. The monoisotopic (exact) mass is 232 g/mol.